The van der Waals surface area contributed by atoms with Gasteiger partial charge in [0.2, 0.25) is 0 Å². The number of aliphatic hydroxyl groups excluding tert-OH is 1. The van der Waals surface area contributed by atoms with Crippen molar-refractivity contribution in [2.45, 2.75) is 64.8 Å². The molecule has 5 nitrogen and oxygen atoms in total. The van der Waals surface area contributed by atoms with E-state index in [0.29, 0.717) is 18.4 Å². The van der Waals surface area contributed by atoms with Gasteiger partial charge in [-0.05, 0) is 32.8 Å². The minimum atomic E-state index is -0.833. The first-order valence-electron chi connectivity index (χ1n) is 7.32. The Morgan fingerprint density at radius 2 is 2.00 bits per heavy atom. The van der Waals surface area contributed by atoms with Crippen molar-refractivity contribution in [2.24, 2.45) is 5.41 Å². The Balaban J connectivity index is 2.49. The molecule has 0 heterocycles. The number of ether oxygens (including phenoxy) is 2. The minimum Gasteiger partial charge on any atom is -0.465 e. The molecule has 21 heavy (non-hydrogen) atoms. The van der Waals surface area contributed by atoms with Gasteiger partial charge in [-0.2, -0.15) is 0 Å². The van der Waals surface area contributed by atoms with Crippen LogP contribution in [-0.4, -0.2) is 41.8 Å². The average molecular weight is 296 g/mol. The molecule has 0 aliphatic heterocycles. The number of carbonyl (C=O) groups excluding carboxylic acids is 2. The highest BCUT2D eigenvalue weighted by atomic mass is 16.5. The van der Waals surface area contributed by atoms with E-state index in [-0.39, 0.29) is 29.5 Å². The van der Waals surface area contributed by atoms with E-state index in [1.54, 1.807) is 0 Å². The van der Waals surface area contributed by atoms with Gasteiger partial charge in [0.1, 0.15) is 5.57 Å². The summed E-state index contributed by atoms with van der Waals surface area (Å²) in [6.45, 7) is 7.84. The maximum atomic E-state index is 12.1. The molecule has 0 aromatic heterocycles. The van der Waals surface area contributed by atoms with Gasteiger partial charge < -0.3 is 14.6 Å². The molecule has 0 aromatic carbocycles. The maximum absolute atomic E-state index is 12.1. The van der Waals surface area contributed by atoms with Gasteiger partial charge >= 0.3 is 5.97 Å². The maximum Gasteiger partial charge on any atom is 0.341 e. The lowest BCUT2D eigenvalue weighted by Crippen LogP contribution is -2.40. The Morgan fingerprint density at radius 3 is 2.52 bits per heavy atom. The van der Waals surface area contributed by atoms with Crippen molar-refractivity contribution in [3.05, 3.63) is 11.1 Å². The third kappa shape index (κ3) is 2.77. The quantitative estimate of drug-likeness (QED) is 0.621. The lowest BCUT2D eigenvalue weighted by Gasteiger charge is -2.39. The van der Waals surface area contributed by atoms with E-state index in [0.717, 1.165) is 0 Å². The van der Waals surface area contributed by atoms with Gasteiger partial charge in [0.05, 0.1) is 24.9 Å². The summed E-state index contributed by atoms with van der Waals surface area (Å²) in [5.41, 5.74) is -0.321. The number of carbonyl (C=O) groups is 2. The SMILES string of the molecule is COC(=O)C1=C2[C@H](O)C[C@H](OC(C)(C)C)[C@@]2(C)CCC1=O. The molecular weight excluding hydrogens is 272 g/mol. The van der Waals surface area contributed by atoms with Crippen molar-refractivity contribution < 1.29 is 24.2 Å². The number of esters is 1. The Hall–Kier alpha value is -1.20. The molecular formula is C16H24O5. The summed E-state index contributed by atoms with van der Waals surface area (Å²) in [4.78, 5) is 24.1. The molecule has 0 radical (unpaired) electrons. The van der Waals surface area contributed by atoms with Crippen molar-refractivity contribution in [2.75, 3.05) is 7.11 Å². The molecule has 118 valence electrons. The second-order valence-corrected chi connectivity index (χ2v) is 7.09. The fourth-order valence-electron chi connectivity index (χ4n) is 3.46. The summed E-state index contributed by atoms with van der Waals surface area (Å²) < 4.78 is 10.8. The summed E-state index contributed by atoms with van der Waals surface area (Å²) >= 11 is 0. The van der Waals surface area contributed by atoms with Crippen LogP contribution in [0.25, 0.3) is 0 Å². The third-order valence-electron chi connectivity index (χ3n) is 4.40. The lowest BCUT2D eigenvalue weighted by molar-refractivity contribution is -0.139. The van der Waals surface area contributed by atoms with Crippen LogP contribution in [0.15, 0.2) is 11.1 Å². The van der Waals surface area contributed by atoms with E-state index in [9.17, 15) is 14.7 Å². The molecule has 0 bridgehead atoms. The first kappa shape index (κ1) is 16.2. The number of ketones is 1. The van der Waals surface area contributed by atoms with Crippen molar-refractivity contribution in [1.29, 1.82) is 0 Å². The predicted molar refractivity (Wildman–Crippen MR) is 76.6 cm³/mol. The molecule has 0 aromatic rings. The number of hydrogen-bond acceptors (Lipinski definition) is 5. The average Bonchev–Trinajstić information content (AvgIpc) is 2.60. The van der Waals surface area contributed by atoms with Crippen molar-refractivity contribution in [1.82, 2.24) is 0 Å². The zero-order valence-corrected chi connectivity index (χ0v) is 13.4. The van der Waals surface area contributed by atoms with Gasteiger partial charge in [-0.1, -0.05) is 6.92 Å². The number of aliphatic hydroxyl groups is 1. The molecule has 2 rings (SSSR count). The zero-order valence-electron chi connectivity index (χ0n) is 13.4. The number of methoxy groups -OCH3 is 1. The van der Waals surface area contributed by atoms with Gasteiger partial charge in [-0.3, -0.25) is 4.79 Å². The molecule has 0 spiro atoms. The Morgan fingerprint density at radius 1 is 1.38 bits per heavy atom. The fourth-order valence-corrected chi connectivity index (χ4v) is 3.46. The molecule has 3 atom stereocenters. The normalized spacial score (nSPS) is 33.1. The zero-order chi connectivity index (χ0) is 16.0. The molecule has 2 aliphatic rings. The van der Waals surface area contributed by atoms with Crippen LogP contribution in [-0.2, 0) is 19.1 Å². The summed E-state index contributed by atoms with van der Waals surface area (Å²) in [5, 5.41) is 10.4. The van der Waals surface area contributed by atoms with E-state index in [1.807, 2.05) is 27.7 Å². The third-order valence-corrected chi connectivity index (χ3v) is 4.40. The fraction of sp³-hybridized carbons (Fsp3) is 0.750. The number of Topliss-reactive ketones (excluding diaryl/α,β-unsaturated/α-hetero) is 1. The largest absolute Gasteiger partial charge is 0.465 e. The first-order valence-corrected chi connectivity index (χ1v) is 7.32. The minimum absolute atomic E-state index is 0.0266. The summed E-state index contributed by atoms with van der Waals surface area (Å²) in [6, 6.07) is 0. The van der Waals surface area contributed by atoms with Crippen molar-refractivity contribution >= 4 is 11.8 Å². The summed E-state index contributed by atoms with van der Waals surface area (Å²) in [6.07, 6.45) is 0.216. The van der Waals surface area contributed by atoms with Crippen molar-refractivity contribution in [3.8, 4) is 0 Å². The van der Waals surface area contributed by atoms with Crippen LogP contribution >= 0.6 is 0 Å². The Bertz CT molecular complexity index is 499. The van der Waals surface area contributed by atoms with E-state index >= 15 is 0 Å². The van der Waals surface area contributed by atoms with E-state index < -0.39 is 17.5 Å². The van der Waals surface area contributed by atoms with Crippen LogP contribution in [0.1, 0.15) is 47.0 Å². The second-order valence-electron chi connectivity index (χ2n) is 7.09. The molecule has 2 aliphatic carbocycles. The summed E-state index contributed by atoms with van der Waals surface area (Å²) in [7, 11) is 1.25. The van der Waals surface area contributed by atoms with Gasteiger partial charge in [-0.25, -0.2) is 4.79 Å². The van der Waals surface area contributed by atoms with Gasteiger partial charge in [0.15, 0.2) is 5.78 Å². The predicted octanol–water partition coefficient (Wildman–Crippen LogP) is 1.77. The van der Waals surface area contributed by atoms with Crippen LogP contribution < -0.4 is 0 Å². The molecule has 0 unspecified atom stereocenters. The number of fused-ring (bicyclic) bond motifs is 1. The highest BCUT2D eigenvalue weighted by molar-refractivity contribution is 6.18. The van der Waals surface area contributed by atoms with Crippen molar-refractivity contribution in [3.63, 3.8) is 0 Å². The number of rotatable bonds is 2. The number of hydrogen-bond donors (Lipinski definition) is 1. The monoisotopic (exact) mass is 296 g/mol. The summed E-state index contributed by atoms with van der Waals surface area (Å²) in [5.74, 6) is -0.902. The van der Waals surface area contributed by atoms with Crippen LogP contribution in [0.2, 0.25) is 0 Å². The van der Waals surface area contributed by atoms with Gasteiger partial charge in [0.25, 0.3) is 0 Å². The molecule has 0 saturated heterocycles. The highest BCUT2D eigenvalue weighted by Gasteiger charge is 2.54. The van der Waals surface area contributed by atoms with Crippen LogP contribution in [0.3, 0.4) is 0 Å². The van der Waals surface area contributed by atoms with Crippen LogP contribution in [0.4, 0.5) is 0 Å². The topological polar surface area (TPSA) is 72.8 Å². The smallest absolute Gasteiger partial charge is 0.341 e. The van der Waals surface area contributed by atoms with E-state index in [4.69, 9.17) is 9.47 Å². The first-order chi connectivity index (χ1) is 9.60. The lowest BCUT2D eigenvalue weighted by atomic mass is 9.70. The molecule has 1 N–H and O–H groups in total. The van der Waals surface area contributed by atoms with E-state index in [1.165, 1.54) is 7.11 Å². The Labute approximate surface area is 125 Å². The second kappa shape index (κ2) is 5.21. The van der Waals surface area contributed by atoms with Gasteiger partial charge in [0, 0.05) is 18.3 Å². The molecule has 5 heteroatoms. The van der Waals surface area contributed by atoms with Gasteiger partial charge in [-0.15, -0.1) is 0 Å². The van der Waals surface area contributed by atoms with Crippen LogP contribution in [0, 0.1) is 5.41 Å². The standard InChI is InChI=1S/C16H24O5/c1-15(2,3)21-11-8-10(18)13-12(14(19)20-5)9(17)6-7-16(11,13)4/h10-11,18H,6-8H2,1-5H3/t10-,11+,16-/m1/s1. The molecule has 1 fully saturated rings. The molecule has 1 saturated carbocycles. The van der Waals surface area contributed by atoms with Crippen LogP contribution in [0.5, 0.6) is 0 Å². The highest BCUT2D eigenvalue weighted by Crippen LogP contribution is 2.52. The Kier molecular flexibility index (Phi) is 4.02. The molecule has 0 amide bonds. The van der Waals surface area contributed by atoms with E-state index in [2.05, 4.69) is 0 Å².